The number of amides is 3. The zero-order valence-corrected chi connectivity index (χ0v) is 18.0. The van der Waals surface area contributed by atoms with Crippen LogP contribution in [0.5, 0.6) is 0 Å². The van der Waals surface area contributed by atoms with Crippen molar-refractivity contribution in [3.63, 3.8) is 0 Å². The third kappa shape index (κ3) is 6.68. The molecule has 1 aromatic heterocycles. The van der Waals surface area contributed by atoms with E-state index in [1.165, 1.54) is 12.5 Å². The van der Waals surface area contributed by atoms with E-state index in [0.717, 1.165) is 4.90 Å². The monoisotopic (exact) mass is 470 g/mol. The summed E-state index contributed by atoms with van der Waals surface area (Å²) >= 11 is 3.89. The van der Waals surface area contributed by atoms with E-state index in [9.17, 15) is 29.1 Å². The van der Waals surface area contributed by atoms with Gasteiger partial charge in [0.1, 0.15) is 18.1 Å². The van der Waals surface area contributed by atoms with E-state index in [2.05, 4.69) is 33.2 Å². The highest BCUT2D eigenvalue weighted by molar-refractivity contribution is 7.80. The standard InChI is InChI=1S/C18H26N6O7S/c19-10(4-9-6-20-8-21-9)15(27)22-11(5-14(25)26)17(29)24-3-1-2-13(24)16(28)23-12(7-32)18(30)31/h6,8,10-13,32H,1-5,7,19H2,(H,20,21)(H,22,27)(H,23,28)(H,25,26)(H,30,31). The van der Waals surface area contributed by atoms with Crippen LogP contribution < -0.4 is 16.4 Å². The number of nitrogens with one attached hydrogen (secondary N) is 3. The van der Waals surface area contributed by atoms with Crippen LogP contribution in [0, 0.1) is 0 Å². The molecule has 14 heteroatoms. The van der Waals surface area contributed by atoms with Gasteiger partial charge in [-0.25, -0.2) is 9.78 Å². The summed E-state index contributed by atoms with van der Waals surface area (Å²) in [7, 11) is 0. The lowest BCUT2D eigenvalue weighted by atomic mass is 10.1. The van der Waals surface area contributed by atoms with Crippen molar-refractivity contribution in [3.05, 3.63) is 18.2 Å². The molecule has 1 aliphatic heterocycles. The van der Waals surface area contributed by atoms with Crippen LogP contribution >= 0.6 is 12.6 Å². The number of hydrogen-bond acceptors (Lipinski definition) is 8. The lowest BCUT2D eigenvalue weighted by molar-refractivity contribution is -0.147. The number of carbonyl (C=O) groups is 5. The largest absolute Gasteiger partial charge is 0.481 e. The summed E-state index contributed by atoms with van der Waals surface area (Å²) in [5.41, 5.74) is 6.44. The second kappa shape index (κ2) is 11.5. The number of likely N-dealkylation sites (tertiary alicyclic amines) is 1. The fourth-order valence-electron chi connectivity index (χ4n) is 3.34. The molecule has 13 nitrogen and oxygen atoms in total. The molecule has 3 amide bonds. The van der Waals surface area contributed by atoms with E-state index < -0.39 is 60.2 Å². The minimum absolute atomic E-state index is 0.0921. The zero-order chi connectivity index (χ0) is 23.8. The van der Waals surface area contributed by atoms with Crippen molar-refractivity contribution < 1.29 is 34.2 Å². The molecule has 7 N–H and O–H groups in total. The van der Waals surface area contributed by atoms with Gasteiger partial charge in [-0.3, -0.25) is 19.2 Å². The number of carbonyl (C=O) groups excluding carboxylic acids is 3. The van der Waals surface area contributed by atoms with Crippen molar-refractivity contribution in [1.29, 1.82) is 0 Å². The lowest BCUT2D eigenvalue weighted by Crippen LogP contribution is -2.57. The van der Waals surface area contributed by atoms with Gasteiger partial charge in [-0.1, -0.05) is 0 Å². The molecular formula is C18H26N6O7S. The predicted molar refractivity (Wildman–Crippen MR) is 113 cm³/mol. The van der Waals surface area contributed by atoms with Crippen LogP contribution in [0.1, 0.15) is 25.0 Å². The number of H-pyrrole nitrogens is 1. The molecule has 1 saturated heterocycles. The number of rotatable bonds is 11. The van der Waals surface area contributed by atoms with Crippen molar-refractivity contribution in [3.8, 4) is 0 Å². The third-order valence-corrected chi connectivity index (χ3v) is 5.33. The molecule has 0 aliphatic carbocycles. The van der Waals surface area contributed by atoms with Crippen LogP contribution in [0.25, 0.3) is 0 Å². The lowest BCUT2D eigenvalue weighted by Gasteiger charge is -2.29. The van der Waals surface area contributed by atoms with Crippen LogP contribution in [-0.2, 0) is 30.4 Å². The number of aliphatic carboxylic acids is 2. The molecule has 1 aromatic rings. The Morgan fingerprint density at radius 2 is 1.97 bits per heavy atom. The molecular weight excluding hydrogens is 444 g/mol. The second-order valence-corrected chi connectivity index (χ2v) is 7.68. The fraction of sp³-hybridized carbons (Fsp3) is 0.556. The Labute approximate surface area is 188 Å². The predicted octanol–water partition coefficient (Wildman–Crippen LogP) is -2.27. The van der Waals surface area contributed by atoms with Gasteiger partial charge in [0, 0.05) is 30.6 Å². The molecule has 2 rings (SSSR count). The molecule has 176 valence electrons. The van der Waals surface area contributed by atoms with E-state index >= 15 is 0 Å². The number of hydrogen-bond donors (Lipinski definition) is 7. The first-order chi connectivity index (χ1) is 15.1. The molecule has 0 aromatic carbocycles. The molecule has 0 saturated carbocycles. The Bertz CT molecular complexity index is 849. The Morgan fingerprint density at radius 3 is 2.53 bits per heavy atom. The average molecular weight is 471 g/mol. The van der Waals surface area contributed by atoms with Crippen LogP contribution in [0.15, 0.2) is 12.5 Å². The summed E-state index contributed by atoms with van der Waals surface area (Å²) in [6.07, 6.45) is 3.00. The van der Waals surface area contributed by atoms with Crippen molar-refractivity contribution in [1.82, 2.24) is 25.5 Å². The van der Waals surface area contributed by atoms with Gasteiger partial charge in [0.25, 0.3) is 0 Å². The molecule has 0 spiro atoms. The van der Waals surface area contributed by atoms with E-state index in [1.807, 2.05) is 0 Å². The number of carboxylic acid groups (broad SMARTS) is 2. The van der Waals surface area contributed by atoms with Crippen molar-refractivity contribution in [2.24, 2.45) is 5.73 Å². The van der Waals surface area contributed by atoms with Crippen molar-refractivity contribution in [2.75, 3.05) is 12.3 Å². The summed E-state index contributed by atoms with van der Waals surface area (Å²) in [5.74, 6) is -4.93. The number of nitrogens with zero attached hydrogens (tertiary/aromatic N) is 2. The first-order valence-electron chi connectivity index (χ1n) is 9.83. The first kappa shape index (κ1) is 25.1. The first-order valence-corrected chi connectivity index (χ1v) is 10.5. The minimum Gasteiger partial charge on any atom is -0.481 e. The molecule has 4 unspecified atom stereocenters. The van der Waals surface area contributed by atoms with Gasteiger partial charge in [0.15, 0.2) is 0 Å². The fourth-order valence-corrected chi connectivity index (χ4v) is 3.58. The molecule has 4 atom stereocenters. The number of thiol groups is 1. The maximum atomic E-state index is 13.0. The van der Waals surface area contributed by atoms with Gasteiger partial charge in [-0.05, 0) is 12.8 Å². The molecule has 1 aliphatic rings. The SMILES string of the molecule is NC(Cc1cnc[nH]1)C(=O)NC(CC(=O)O)C(=O)N1CCCC1C(=O)NC(CS)C(=O)O. The topological polar surface area (TPSA) is 208 Å². The van der Waals surface area contributed by atoms with E-state index in [-0.39, 0.29) is 25.1 Å². The van der Waals surface area contributed by atoms with Gasteiger partial charge >= 0.3 is 11.9 Å². The normalized spacial score (nSPS) is 18.4. The maximum absolute atomic E-state index is 13.0. The van der Waals surface area contributed by atoms with E-state index in [0.29, 0.717) is 12.1 Å². The number of imidazole rings is 1. The number of aromatic nitrogens is 2. The quantitative estimate of drug-likeness (QED) is 0.174. The minimum atomic E-state index is -1.44. The summed E-state index contributed by atoms with van der Waals surface area (Å²) in [6.45, 7) is 0.154. The highest BCUT2D eigenvalue weighted by Gasteiger charge is 2.39. The van der Waals surface area contributed by atoms with Gasteiger partial charge in [0.2, 0.25) is 17.7 Å². The Morgan fingerprint density at radius 1 is 1.25 bits per heavy atom. The summed E-state index contributed by atoms with van der Waals surface area (Å²) in [4.78, 5) is 68.3. The summed E-state index contributed by atoms with van der Waals surface area (Å²) in [5, 5.41) is 23.0. The van der Waals surface area contributed by atoms with Crippen molar-refractivity contribution >= 4 is 42.3 Å². The van der Waals surface area contributed by atoms with Gasteiger partial charge in [-0.2, -0.15) is 12.6 Å². The highest BCUT2D eigenvalue weighted by Crippen LogP contribution is 2.20. The highest BCUT2D eigenvalue weighted by atomic mass is 32.1. The Balaban J connectivity index is 2.09. The van der Waals surface area contributed by atoms with Crippen LogP contribution in [0.3, 0.4) is 0 Å². The average Bonchev–Trinajstić information content (AvgIpc) is 3.42. The van der Waals surface area contributed by atoms with Crippen LogP contribution in [-0.4, -0.2) is 91.2 Å². The number of nitrogens with two attached hydrogens (primary N) is 1. The zero-order valence-electron chi connectivity index (χ0n) is 17.1. The molecule has 32 heavy (non-hydrogen) atoms. The molecule has 0 radical (unpaired) electrons. The van der Waals surface area contributed by atoms with Crippen molar-refractivity contribution in [2.45, 2.75) is 49.9 Å². The Hall–Kier alpha value is -3.13. The van der Waals surface area contributed by atoms with Gasteiger partial charge < -0.3 is 36.5 Å². The van der Waals surface area contributed by atoms with E-state index in [4.69, 9.17) is 10.8 Å². The van der Waals surface area contributed by atoms with Crippen LogP contribution in [0.2, 0.25) is 0 Å². The van der Waals surface area contributed by atoms with E-state index in [1.54, 1.807) is 0 Å². The maximum Gasteiger partial charge on any atom is 0.327 e. The Kier molecular flexibility index (Phi) is 9.02. The van der Waals surface area contributed by atoms with Gasteiger partial charge in [-0.15, -0.1) is 0 Å². The number of carboxylic acids is 2. The molecule has 2 heterocycles. The molecule has 0 bridgehead atoms. The second-order valence-electron chi connectivity index (χ2n) is 7.32. The molecule has 1 fully saturated rings. The number of aromatic amines is 1. The summed E-state index contributed by atoms with van der Waals surface area (Å²) < 4.78 is 0. The smallest absolute Gasteiger partial charge is 0.327 e. The van der Waals surface area contributed by atoms with Crippen LogP contribution in [0.4, 0.5) is 0 Å². The van der Waals surface area contributed by atoms with Gasteiger partial charge in [0.05, 0.1) is 18.8 Å². The summed E-state index contributed by atoms with van der Waals surface area (Å²) in [6, 6.07) is -4.74. The third-order valence-electron chi connectivity index (χ3n) is 4.96.